The van der Waals surface area contributed by atoms with Crippen LogP contribution in [-0.2, 0) is 20.9 Å². The van der Waals surface area contributed by atoms with Crippen molar-refractivity contribution in [3.05, 3.63) is 119 Å². The summed E-state index contributed by atoms with van der Waals surface area (Å²) in [6.45, 7) is 7.11. The highest BCUT2D eigenvalue weighted by Gasteiger charge is 2.39. The predicted molar refractivity (Wildman–Crippen MR) is 172 cm³/mol. The maximum absolute atomic E-state index is 15.0. The van der Waals surface area contributed by atoms with E-state index in [2.05, 4.69) is 0 Å². The van der Waals surface area contributed by atoms with Gasteiger partial charge in [0, 0.05) is 49.6 Å². The molecule has 0 radical (unpaired) electrons. The number of benzene rings is 3. The van der Waals surface area contributed by atoms with Gasteiger partial charge >= 0.3 is 5.97 Å². The number of carbonyl (C=O) groups is 4. The molecule has 3 amide bonds. The molecule has 0 bridgehead atoms. The molecule has 0 N–H and O–H groups in total. The van der Waals surface area contributed by atoms with Crippen molar-refractivity contribution in [3.63, 3.8) is 0 Å². The van der Waals surface area contributed by atoms with Gasteiger partial charge in [0.05, 0.1) is 17.2 Å². The van der Waals surface area contributed by atoms with Crippen molar-refractivity contribution in [3.8, 4) is 11.1 Å². The van der Waals surface area contributed by atoms with E-state index in [-0.39, 0.29) is 25.1 Å². The number of aromatic nitrogens is 1. The fourth-order valence-corrected chi connectivity index (χ4v) is 6.10. The Labute approximate surface area is 272 Å². The first-order valence-corrected chi connectivity index (χ1v) is 15.4. The summed E-state index contributed by atoms with van der Waals surface area (Å²) in [6.07, 6.45) is 1.99. The van der Waals surface area contributed by atoms with Crippen LogP contribution in [0.25, 0.3) is 11.1 Å². The molecule has 8 nitrogen and oxygen atoms in total. The lowest BCUT2D eigenvalue weighted by molar-refractivity contribution is -0.152. The molecule has 1 aliphatic rings. The van der Waals surface area contributed by atoms with Gasteiger partial charge in [0.2, 0.25) is 0 Å². The van der Waals surface area contributed by atoms with Crippen LogP contribution in [0.15, 0.2) is 85.1 Å². The van der Waals surface area contributed by atoms with Crippen LogP contribution in [0.4, 0.5) is 8.78 Å². The van der Waals surface area contributed by atoms with E-state index in [0.29, 0.717) is 28.9 Å². The van der Waals surface area contributed by atoms with Gasteiger partial charge in [-0.3, -0.25) is 24.1 Å². The van der Waals surface area contributed by atoms with Crippen LogP contribution in [0.1, 0.15) is 72.1 Å². The standard InChI is InChI=1S/C37H37F2N3O5/c1-24(43)47-23-33(44)41(17-10-18-42-35(45)28-13-8-9-14-29(28)36(42)46)34(37(2,3)4)32-19-26(30-20-27(38)15-16-31(30)39)22-40(32)21-25-11-6-5-7-12-25/h5-9,11-16,19-20,22,34H,10,17-18,21,23H2,1-4H3/t34-/m0/s1. The van der Waals surface area contributed by atoms with Gasteiger partial charge in [-0.2, -0.15) is 0 Å². The highest BCUT2D eigenvalue weighted by molar-refractivity contribution is 6.21. The Balaban J connectivity index is 1.54. The molecule has 0 spiro atoms. The largest absolute Gasteiger partial charge is 0.456 e. The lowest BCUT2D eigenvalue weighted by Crippen LogP contribution is -2.45. The Hall–Kier alpha value is -5.12. The first kappa shape index (κ1) is 33.2. The van der Waals surface area contributed by atoms with Gasteiger partial charge in [-0.25, -0.2) is 8.78 Å². The van der Waals surface area contributed by atoms with Gasteiger partial charge in [-0.15, -0.1) is 0 Å². The van der Waals surface area contributed by atoms with E-state index in [1.807, 2.05) is 55.7 Å². The molecule has 244 valence electrons. The Morgan fingerprint density at radius 1 is 0.872 bits per heavy atom. The summed E-state index contributed by atoms with van der Waals surface area (Å²) in [5.41, 5.74) is 2.16. The molecular weight excluding hydrogens is 604 g/mol. The number of halogens is 2. The summed E-state index contributed by atoms with van der Waals surface area (Å²) >= 11 is 0. The molecule has 0 saturated carbocycles. The number of hydrogen-bond donors (Lipinski definition) is 0. The number of rotatable bonds is 11. The minimum Gasteiger partial charge on any atom is -0.456 e. The maximum Gasteiger partial charge on any atom is 0.303 e. The Morgan fingerprint density at radius 2 is 1.51 bits per heavy atom. The third kappa shape index (κ3) is 7.32. The van der Waals surface area contributed by atoms with E-state index >= 15 is 4.39 Å². The van der Waals surface area contributed by atoms with Gasteiger partial charge in [0.25, 0.3) is 17.7 Å². The first-order chi connectivity index (χ1) is 22.3. The molecule has 0 fully saturated rings. The Bertz CT molecular complexity index is 1780. The zero-order chi connectivity index (χ0) is 33.9. The fourth-order valence-electron chi connectivity index (χ4n) is 6.10. The van der Waals surface area contributed by atoms with E-state index in [9.17, 15) is 23.6 Å². The first-order valence-electron chi connectivity index (χ1n) is 15.4. The quantitative estimate of drug-likeness (QED) is 0.135. The SMILES string of the molecule is CC(=O)OCC(=O)N(CCCN1C(=O)c2ccccc2C1=O)[C@@H](c1cc(-c2cc(F)ccc2F)cn1Cc1ccccc1)C(C)(C)C. The Morgan fingerprint density at radius 3 is 2.13 bits per heavy atom. The normalized spacial score (nSPS) is 13.4. The highest BCUT2D eigenvalue weighted by atomic mass is 19.1. The molecule has 1 aromatic heterocycles. The van der Waals surface area contributed by atoms with E-state index in [1.54, 1.807) is 41.4 Å². The lowest BCUT2D eigenvalue weighted by atomic mass is 9.83. The average molecular weight is 642 g/mol. The van der Waals surface area contributed by atoms with Crippen LogP contribution in [0.2, 0.25) is 0 Å². The monoisotopic (exact) mass is 641 g/mol. The van der Waals surface area contributed by atoms with Gasteiger partial charge in [0.15, 0.2) is 6.61 Å². The van der Waals surface area contributed by atoms with Crippen molar-refractivity contribution >= 4 is 23.7 Å². The topological polar surface area (TPSA) is 88.9 Å². The zero-order valence-electron chi connectivity index (χ0n) is 26.8. The van der Waals surface area contributed by atoms with Crippen LogP contribution in [0.3, 0.4) is 0 Å². The molecule has 47 heavy (non-hydrogen) atoms. The molecule has 0 saturated heterocycles. The Kier molecular flexibility index (Phi) is 9.69. The molecule has 10 heteroatoms. The number of esters is 1. The highest BCUT2D eigenvalue weighted by Crippen LogP contribution is 2.41. The van der Waals surface area contributed by atoms with Crippen molar-refractivity contribution in [1.82, 2.24) is 14.4 Å². The molecule has 0 aliphatic carbocycles. The van der Waals surface area contributed by atoms with Crippen molar-refractivity contribution in [2.24, 2.45) is 5.41 Å². The predicted octanol–water partition coefficient (Wildman–Crippen LogP) is 6.65. The second kappa shape index (κ2) is 13.7. The van der Waals surface area contributed by atoms with Crippen LogP contribution in [-0.4, -0.2) is 57.8 Å². The van der Waals surface area contributed by atoms with E-state index in [0.717, 1.165) is 23.8 Å². The third-order valence-corrected chi connectivity index (χ3v) is 8.16. The average Bonchev–Trinajstić information content (AvgIpc) is 3.54. The zero-order valence-corrected chi connectivity index (χ0v) is 26.8. The van der Waals surface area contributed by atoms with Crippen LogP contribution >= 0.6 is 0 Å². The molecule has 3 aromatic carbocycles. The van der Waals surface area contributed by atoms with Crippen LogP contribution in [0.5, 0.6) is 0 Å². The second-order valence-corrected chi connectivity index (χ2v) is 12.7. The lowest BCUT2D eigenvalue weighted by Gasteiger charge is -2.41. The molecule has 4 aromatic rings. The minimum atomic E-state index is -0.651. The number of ether oxygens (including phenoxy) is 1. The van der Waals surface area contributed by atoms with Crippen molar-refractivity contribution in [1.29, 1.82) is 0 Å². The van der Waals surface area contributed by atoms with Crippen molar-refractivity contribution < 1.29 is 32.7 Å². The number of fused-ring (bicyclic) bond motifs is 1. The molecule has 1 aliphatic heterocycles. The second-order valence-electron chi connectivity index (χ2n) is 12.7. The van der Waals surface area contributed by atoms with E-state index in [4.69, 9.17) is 4.74 Å². The summed E-state index contributed by atoms with van der Waals surface area (Å²) < 4.78 is 36.4. The van der Waals surface area contributed by atoms with Gasteiger partial charge in [-0.1, -0.05) is 63.2 Å². The van der Waals surface area contributed by atoms with Gasteiger partial charge in [-0.05, 0) is 53.8 Å². The van der Waals surface area contributed by atoms with Gasteiger partial charge in [0.1, 0.15) is 11.6 Å². The number of amides is 3. The molecule has 5 rings (SSSR count). The number of imide groups is 1. The maximum atomic E-state index is 15.0. The summed E-state index contributed by atoms with van der Waals surface area (Å²) in [5.74, 6) is -3.06. The van der Waals surface area contributed by atoms with Gasteiger partial charge < -0.3 is 14.2 Å². The van der Waals surface area contributed by atoms with E-state index in [1.165, 1.54) is 11.8 Å². The molecule has 2 heterocycles. The summed E-state index contributed by atoms with van der Waals surface area (Å²) in [5, 5.41) is 0. The molecular formula is C37H37F2N3O5. The molecule has 1 atom stereocenters. The van der Waals surface area contributed by atoms with Crippen LogP contribution in [0, 0.1) is 17.0 Å². The fraction of sp³-hybridized carbons (Fsp3) is 0.297. The van der Waals surface area contributed by atoms with Crippen molar-refractivity contribution in [2.75, 3.05) is 19.7 Å². The summed E-state index contributed by atoms with van der Waals surface area (Å²) in [4.78, 5) is 54.4. The number of nitrogens with zero attached hydrogens (tertiary/aromatic N) is 3. The summed E-state index contributed by atoms with van der Waals surface area (Å²) in [6, 6.07) is 20.6. The summed E-state index contributed by atoms with van der Waals surface area (Å²) in [7, 11) is 0. The number of hydrogen-bond acceptors (Lipinski definition) is 5. The van der Waals surface area contributed by atoms with E-state index < -0.39 is 53.4 Å². The minimum absolute atomic E-state index is 0.0608. The van der Waals surface area contributed by atoms with Crippen LogP contribution < -0.4 is 0 Å². The molecule has 0 unspecified atom stereocenters. The number of carbonyl (C=O) groups excluding carboxylic acids is 4. The van der Waals surface area contributed by atoms with Crippen molar-refractivity contribution in [2.45, 2.75) is 46.7 Å². The smallest absolute Gasteiger partial charge is 0.303 e. The third-order valence-electron chi connectivity index (χ3n) is 8.16.